The van der Waals surface area contributed by atoms with E-state index >= 15 is 0 Å². The molecule has 3 aromatic carbocycles. The van der Waals surface area contributed by atoms with E-state index in [0.29, 0.717) is 23.5 Å². The molecule has 0 radical (unpaired) electrons. The molecule has 0 unspecified atom stereocenters. The van der Waals surface area contributed by atoms with Gasteiger partial charge in [0, 0.05) is 13.6 Å². The Morgan fingerprint density at radius 2 is 1.39 bits per heavy atom. The lowest BCUT2D eigenvalue weighted by Crippen LogP contribution is -2.34. The number of anilines is 1. The summed E-state index contributed by atoms with van der Waals surface area (Å²) in [4.78, 5) is 30.5. The molecule has 0 bridgehead atoms. The van der Waals surface area contributed by atoms with Crippen LogP contribution in [0.3, 0.4) is 0 Å². The molecule has 1 aliphatic heterocycles. The number of rotatable bonds is 5. The second-order valence-electron chi connectivity index (χ2n) is 9.67. The molecule has 0 aromatic heterocycles. The van der Waals surface area contributed by atoms with Gasteiger partial charge in [-0.05, 0) is 41.2 Å². The van der Waals surface area contributed by atoms with Crippen LogP contribution in [0.25, 0.3) is 5.57 Å². The van der Waals surface area contributed by atoms with E-state index in [1.807, 2.05) is 97.7 Å². The van der Waals surface area contributed by atoms with Gasteiger partial charge in [0.1, 0.15) is 5.70 Å². The standard InChI is InChI=1S/C29H30N2O2/c1-20-11-13-22(14-12-20)25-26(30(5)19-21-9-7-6-8-10-21)28(33)31(27(25)32)24-17-15-23(16-18-24)29(2,3)4/h6-18H,19H2,1-5H3. The number of aryl methyl sites for hydroxylation is 1. The fourth-order valence-corrected chi connectivity index (χ4v) is 4.13. The Labute approximate surface area is 196 Å². The van der Waals surface area contributed by atoms with Crippen LogP contribution in [0, 0.1) is 6.92 Å². The minimum absolute atomic E-state index is 0.00999. The van der Waals surface area contributed by atoms with Gasteiger partial charge in [-0.25, -0.2) is 4.90 Å². The Morgan fingerprint density at radius 1 is 0.788 bits per heavy atom. The summed E-state index contributed by atoms with van der Waals surface area (Å²) in [7, 11) is 1.87. The van der Waals surface area contributed by atoms with Crippen molar-refractivity contribution in [3.05, 3.63) is 107 Å². The molecule has 0 N–H and O–H groups in total. The highest BCUT2D eigenvalue weighted by atomic mass is 16.2. The second-order valence-corrected chi connectivity index (χ2v) is 9.67. The molecule has 4 nitrogen and oxygen atoms in total. The average Bonchev–Trinajstić information content (AvgIpc) is 3.04. The summed E-state index contributed by atoms with van der Waals surface area (Å²) >= 11 is 0. The normalized spacial score (nSPS) is 14.3. The Morgan fingerprint density at radius 3 is 1.97 bits per heavy atom. The lowest BCUT2D eigenvalue weighted by molar-refractivity contribution is -0.120. The van der Waals surface area contributed by atoms with Crippen LogP contribution >= 0.6 is 0 Å². The molecule has 33 heavy (non-hydrogen) atoms. The maximum absolute atomic E-state index is 13.7. The van der Waals surface area contributed by atoms with Gasteiger partial charge in [-0.15, -0.1) is 0 Å². The minimum atomic E-state index is -0.294. The number of hydrogen-bond acceptors (Lipinski definition) is 3. The largest absolute Gasteiger partial charge is 0.365 e. The van der Waals surface area contributed by atoms with Crippen molar-refractivity contribution in [2.45, 2.75) is 39.7 Å². The molecule has 3 aromatic rings. The maximum atomic E-state index is 13.7. The highest BCUT2D eigenvalue weighted by Crippen LogP contribution is 2.35. The number of carbonyl (C=O) groups is 2. The Kier molecular flexibility index (Phi) is 5.94. The molecule has 0 fully saturated rings. The summed E-state index contributed by atoms with van der Waals surface area (Å²) in [6, 6.07) is 25.4. The van der Waals surface area contributed by atoms with Crippen LogP contribution < -0.4 is 4.90 Å². The highest BCUT2D eigenvalue weighted by molar-refractivity contribution is 6.45. The SMILES string of the molecule is Cc1ccc(C2=C(N(C)Cc3ccccc3)C(=O)N(c3ccc(C(C)(C)C)cc3)C2=O)cc1. The molecular weight excluding hydrogens is 408 g/mol. The first-order valence-corrected chi connectivity index (χ1v) is 11.2. The zero-order valence-electron chi connectivity index (χ0n) is 19.9. The van der Waals surface area contributed by atoms with Gasteiger partial charge in [0.25, 0.3) is 11.8 Å². The molecule has 0 spiro atoms. The number of amides is 2. The van der Waals surface area contributed by atoms with Crippen molar-refractivity contribution >= 4 is 23.1 Å². The van der Waals surface area contributed by atoms with Gasteiger partial charge in [0.2, 0.25) is 0 Å². The van der Waals surface area contributed by atoms with Gasteiger partial charge >= 0.3 is 0 Å². The summed E-state index contributed by atoms with van der Waals surface area (Å²) < 4.78 is 0. The van der Waals surface area contributed by atoms with E-state index in [1.165, 1.54) is 4.90 Å². The zero-order chi connectivity index (χ0) is 23.8. The van der Waals surface area contributed by atoms with Gasteiger partial charge in [-0.3, -0.25) is 9.59 Å². The van der Waals surface area contributed by atoms with Gasteiger partial charge in [-0.1, -0.05) is 93.1 Å². The Hall–Kier alpha value is -3.66. The number of nitrogens with zero attached hydrogens (tertiary/aromatic N) is 2. The van der Waals surface area contributed by atoms with Gasteiger partial charge in [-0.2, -0.15) is 0 Å². The van der Waals surface area contributed by atoms with E-state index in [0.717, 1.165) is 22.3 Å². The first kappa shape index (κ1) is 22.5. The van der Waals surface area contributed by atoms with Crippen molar-refractivity contribution < 1.29 is 9.59 Å². The molecule has 1 aliphatic rings. The fourth-order valence-electron chi connectivity index (χ4n) is 4.13. The zero-order valence-corrected chi connectivity index (χ0v) is 19.9. The first-order valence-electron chi connectivity index (χ1n) is 11.2. The van der Waals surface area contributed by atoms with E-state index in [1.54, 1.807) is 0 Å². The molecular formula is C29H30N2O2. The van der Waals surface area contributed by atoms with Crippen LogP contribution in [0.5, 0.6) is 0 Å². The van der Waals surface area contributed by atoms with E-state index in [4.69, 9.17) is 0 Å². The molecule has 0 atom stereocenters. The maximum Gasteiger partial charge on any atom is 0.282 e. The third-order valence-electron chi connectivity index (χ3n) is 6.04. The van der Waals surface area contributed by atoms with Crippen molar-refractivity contribution in [3.63, 3.8) is 0 Å². The average molecular weight is 439 g/mol. The lowest BCUT2D eigenvalue weighted by atomic mass is 9.87. The van der Waals surface area contributed by atoms with Gasteiger partial charge in [0.15, 0.2) is 0 Å². The van der Waals surface area contributed by atoms with Crippen molar-refractivity contribution in [3.8, 4) is 0 Å². The smallest absolute Gasteiger partial charge is 0.282 e. The Balaban J connectivity index is 1.76. The van der Waals surface area contributed by atoms with E-state index in [2.05, 4.69) is 20.8 Å². The monoisotopic (exact) mass is 438 g/mol. The number of carbonyl (C=O) groups excluding carboxylic acids is 2. The quantitative estimate of drug-likeness (QED) is 0.479. The van der Waals surface area contributed by atoms with Crippen LogP contribution in [0.4, 0.5) is 5.69 Å². The molecule has 1 heterocycles. The number of hydrogen-bond donors (Lipinski definition) is 0. The second kappa shape index (κ2) is 8.70. The van der Waals surface area contributed by atoms with E-state index in [9.17, 15) is 9.59 Å². The van der Waals surface area contributed by atoms with Gasteiger partial charge in [0.05, 0.1) is 11.3 Å². The summed E-state index contributed by atoms with van der Waals surface area (Å²) in [5, 5.41) is 0. The Bertz CT molecular complexity index is 1200. The lowest BCUT2D eigenvalue weighted by Gasteiger charge is -2.23. The molecule has 168 valence electrons. The van der Waals surface area contributed by atoms with Crippen LogP contribution in [0.15, 0.2) is 84.6 Å². The fraction of sp³-hybridized carbons (Fsp3) is 0.241. The molecule has 0 saturated heterocycles. The topological polar surface area (TPSA) is 40.6 Å². The summed E-state index contributed by atoms with van der Waals surface area (Å²) in [5.74, 6) is -0.584. The van der Waals surface area contributed by atoms with Crippen molar-refractivity contribution in [1.82, 2.24) is 4.90 Å². The van der Waals surface area contributed by atoms with Crippen LogP contribution in [0.2, 0.25) is 0 Å². The first-order chi connectivity index (χ1) is 15.7. The van der Waals surface area contributed by atoms with Crippen LogP contribution in [0.1, 0.15) is 43.0 Å². The number of imide groups is 1. The summed E-state index contributed by atoms with van der Waals surface area (Å²) in [6.07, 6.45) is 0. The molecule has 0 saturated carbocycles. The highest BCUT2D eigenvalue weighted by Gasteiger charge is 2.41. The third kappa shape index (κ3) is 4.47. The molecule has 2 amide bonds. The predicted molar refractivity (Wildman–Crippen MR) is 134 cm³/mol. The predicted octanol–water partition coefficient (Wildman–Crippen LogP) is 5.71. The number of benzene rings is 3. The van der Waals surface area contributed by atoms with E-state index < -0.39 is 0 Å². The summed E-state index contributed by atoms with van der Waals surface area (Å²) in [5.41, 5.74) is 5.52. The van der Waals surface area contributed by atoms with Crippen LogP contribution in [-0.4, -0.2) is 23.8 Å². The van der Waals surface area contributed by atoms with Crippen molar-refractivity contribution in [2.75, 3.05) is 11.9 Å². The van der Waals surface area contributed by atoms with Crippen molar-refractivity contribution in [1.29, 1.82) is 0 Å². The third-order valence-corrected chi connectivity index (χ3v) is 6.04. The molecule has 4 heteroatoms. The van der Waals surface area contributed by atoms with E-state index in [-0.39, 0.29) is 17.2 Å². The van der Waals surface area contributed by atoms with Crippen LogP contribution in [-0.2, 0) is 21.5 Å². The molecule has 0 aliphatic carbocycles. The summed E-state index contributed by atoms with van der Waals surface area (Å²) in [6.45, 7) is 8.96. The molecule has 4 rings (SSSR count). The van der Waals surface area contributed by atoms with Crippen molar-refractivity contribution in [2.24, 2.45) is 0 Å². The minimum Gasteiger partial charge on any atom is -0.365 e. The van der Waals surface area contributed by atoms with Gasteiger partial charge < -0.3 is 4.90 Å². The number of likely N-dealkylation sites (N-methyl/N-ethyl adjacent to an activating group) is 1.